The molecule has 0 bridgehead atoms. The van der Waals surface area contributed by atoms with Gasteiger partial charge in [-0.1, -0.05) is 18.2 Å². The molecule has 1 aromatic carbocycles. The average Bonchev–Trinajstić information content (AvgIpc) is 3.17. The Hall–Kier alpha value is -3.19. The standard InChI is InChI=1S/C17H12N4O2S/c22-15-6-5-11(9-18-15)16(23)19-13-4-2-1-3-12(13)14-10-21-7-8-24-17(21)20-14/h1-10H,(H,18,22)(H,19,23). The minimum atomic E-state index is -0.292. The summed E-state index contributed by atoms with van der Waals surface area (Å²) in [5.74, 6) is -0.292. The summed E-state index contributed by atoms with van der Waals surface area (Å²) in [7, 11) is 0. The molecule has 6 nitrogen and oxygen atoms in total. The number of carbonyl (C=O) groups excluding carboxylic acids is 1. The molecule has 24 heavy (non-hydrogen) atoms. The van der Waals surface area contributed by atoms with Crippen molar-refractivity contribution < 1.29 is 4.79 Å². The molecular formula is C17H12N4O2S. The highest BCUT2D eigenvalue weighted by atomic mass is 32.1. The normalized spacial score (nSPS) is 10.8. The number of aromatic nitrogens is 3. The molecule has 0 spiro atoms. The van der Waals surface area contributed by atoms with Crippen molar-refractivity contribution in [2.24, 2.45) is 0 Å². The van der Waals surface area contributed by atoms with E-state index in [1.807, 2.05) is 46.4 Å². The van der Waals surface area contributed by atoms with E-state index < -0.39 is 0 Å². The van der Waals surface area contributed by atoms with Crippen LogP contribution in [0.3, 0.4) is 0 Å². The monoisotopic (exact) mass is 336 g/mol. The van der Waals surface area contributed by atoms with Gasteiger partial charge in [0.15, 0.2) is 4.96 Å². The first-order valence-electron chi connectivity index (χ1n) is 7.22. The number of H-pyrrole nitrogens is 1. The van der Waals surface area contributed by atoms with Gasteiger partial charge in [0.1, 0.15) is 0 Å². The minimum Gasteiger partial charge on any atom is -0.328 e. The number of hydrogen-bond donors (Lipinski definition) is 2. The van der Waals surface area contributed by atoms with Crippen LogP contribution in [0.15, 0.2) is 65.2 Å². The molecule has 0 saturated heterocycles. The van der Waals surface area contributed by atoms with Crippen LogP contribution in [0, 0.1) is 0 Å². The highest BCUT2D eigenvalue weighted by molar-refractivity contribution is 7.15. The zero-order chi connectivity index (χ0) is 16.5. The summed E-state index contributed by atoms with van der Waals surface area (Å²) in [6, 6.07) is 10.3. The number of nitrogens with zero attached hydrogens (tertiary/aromatic N) is 2. The third-order valence-corrected chi connectivity index (χ3v) is 4.36. The van der Waals surface area contributed by atoms with Crippen molar-refractivity contribution in [1.29, 1.82) is 0 Å². The quantitative estimate of drug-likeness (QED) is 0.603. The molecule has 0 radical (unpaired) electrons. The number of pyridine rings is 1. The molecule has 3 aromatic heterocycles. The minimum absolute atomic E-state index is 0.245. The van der Waals surface area contributed by atoms with E-state index in [0.717, 1.165) is 16.2 Å². The fraction of sp³-hybridized carbons (Fsp3) is 0. The third-order valence-electron chi connectivity index (χ3n) is 3.59. The van der Waals surface area contributed by atoms with Gasteiger partial charge >= 0.3 is 0 Å². The molecule has 0 unspecified atom stereocenters. The topological polar surface area (TPSA) is 79.3 Å². The highest BCUT2D eigenvalue weighted by Crippen LogP contribution is 2.28. The van der Waals surface area contributed by atoms with E-state index in [1.165, 1.54) is 18.3 Å². The van der Waals surface area contributed by atoms with Gasteiger partial charge in [-0.15, -0.1) is 11.3 Å². The van der Waals surface area contributed by atoms with E-state index in [0.29, 0.717) is 11.3 Å². The maximum absolute atomic E-state index is 12.4. The molecule has 0 aliphatic heterocycles. The van der Waals surface area contributed by atoms with Crippen LogP contribution in [-0.2, 0) is 0 Å². The van der Waals surface area contributed by atoms with Crippen LogP contribution in [0.1, 0.15) is 10.4 Å². The largest absolute Gasteiger partial charge is 0.328 e. The number of anilines is 1. The maximum Gasteiger partial charge on any atom is 0.257 e. The van der Waals surface area contributed by atoms with Gasteiger partial charge in [0, 0.05) is 35.6 Å². The van der Waals surface area contributed by atoms with Crippen molar-refractivity contribution in [3.63, 3.8) is 0 Å². The SMILES string of the molecule is O=C(Nc1ccccc1-c1cn2ccsc2n1)c1ccc(=O)[nH]c1. The molecule has 3 heterocycles. The lowest BCUT2D eigenvalue weighted by Gasteiger charge is -2.09. The number of imidazole rings is 1. The van der Waals surface area contributed by atoms with Crippen molar-refractivity contribution >= 4 is 27.9 Å². The Balaban J connectivity index is 1.68. The van der Waals surface area contributed by atoms with Crippen LogP contribution >= 0.6 is 11.3 Å². The predicted molar refractivity (Wildman–Crippen MR) is 93.5 cm³/mol. The second-order valence-electron chi connectivity index (χ2n) is 5.16. The fourth-order valence-corrected chi connectivity index (χ4v) is 3.12. The Labute approximate surface area is 140 Å². The van der Waals surface area contributed by atoms with E-state index in [-0.39, 0.29) is 11.5 Å². The number of hydrogen-bond acceptors (Lipinski definition) is 4. The maximum atomic E-state index is 12.4. The third kappa shape index (κ3) is 2.61. The zero-order valence-corrected chi connectivity index (χ0v) is 13.2. The second-order valence-corrected chi connectivity index (χ2v) is 6.03. The van der Waals surface area contributed by atoms with E-state index in [4.69, 9.17) is 0 Å². The van der Waals surface area contributed by atoms with Crippen molar-refractivity contribution in [2.45, 2.75) is 0 Å². The number of aromatic amines is 1. The van der Waals surface area contributed by atoms with E-state index in [1.54, 1.807) is 11.3 Å². The molecule has 0 aliphatic rings. The van der Waals surface area contributed by atoms with Crippen LogP contribution in [-0.4, -0.2) is 20.3 Å². The fourth-order valence-electron chi connectivity index (χ4n) is 2.42. The van der Waals surface area contributed by atoms with Crippen LogP contribution in [0.5, 0.6) is 0 Å². The van der Waals surface area contributed by atoms with Gasteiger partial charge in [0.2, 0.25) is 5.56 Å². The lowest BCUT2D eigenvalue weighted by Crippen LogP contribution is -2.15. The summed E-state index contributed by atoms with van der Waals surface area (Å²) in [6.45, 7) is 0. The molecule has 118 valence electrons. The molecule has 0 fully saturated rings. The summed E-state index contributed by atoms with van der Waals surface area (Å²) in [5.41, 5.74) is 2.44. The number of carbonyl (C=O) groups is 1. The smallest absolute Gasteiger partial charge is 0.257 e. The molecular weight excluding hydrogens is 324 g/mol. The summed E-state index contributed by atoms with van der Waals surface area (Å²) in [4.78, 5) is 31.4. The lowest BCUT2D eigenvalue weighted by atomic mass is 10.1. The molecule has 7 heteroatoms. The number of benzene rings is 1. The van der Waals surface area contributed by atoms with Gasteiger partial charge in [-0.25, -0.2) is 4.98 Å². The number of thiazole rings is 1. The summed E-state index contributed by atoms with van der Waals surface area (Å²) in [6.07, 6.45) is 5.27. The summed E-state index contributed by atoms with van der Waals surface area (Å²) < 4.78 is 1.94. The highest BCUT2D eigenvalue weighted by Gasteiger charge is 2.13. The van der Waals surface area contributed by atoms with Gasteiger partial charge in [0.05, 0.1) is 16.9 Å². The first-order chi connectivity index (χ1) is 11.7. The van der Waals surface area contributed by atoms with Crippen molar-refractivity contribution in [3.8, 4) is 11.3 Å². The van der Waals surface area contributed by atoms with Crippen LogP contribution in [0.25, 0.3) is 16.2 Å². The van der Waals surface area contributed by atoms with Crippen LogP contribution in [0.4, 0.5) is 5.69 Å². The van der Waals surface area contributed by atoms with Gasteiger partial charge in [0.25, 0.3) is 5.91 Å². The van der Waals surface area contributed by atoms with Crippen molar-refractivity contribution in [1.82, 2.24) is 14.4 Å². The molecule has 0 atom stereocenters. The molecule has 1 amide bonds. The molecule has 0 aliphatic carbocycles. The Morgan fingerprint density at radius 2 is 2.08 bits per heavy atom. The van der Waals surface area contributed by atoms with Gasteiger partial charge < -0.3 is 10.3 Å². The number of fused-ring (bicyclic) bond motifs is 1. The van der Waals surface area contributed by atoms with Crippen molar-refractivity contribution in [2.75, 3.05) is 5.32 Å². The van der Waals surface area contributed by atoms with Gasteiger partial charge in [-0.2, -0.15) is 0 Å². The predicted octanol–water partition coefficient (Wildman–Crippen LogP) is 3.00. The average molecular weight is 336 g/mol. The number of nitrogens with one attached hydrogen (secondary N) is 2. The van der Waals surface area contributed by atoms with E-state index in [9.17, 15) is 9.59 Å². The van der Waals surface area contributed by atoms with Crippen LogP contribution in [0.2, 0.25) is 0 Å². The number of rotatable bonds is 3. The summed E-state index contributed by atoms with van der Waals surface area (Å²) >= 11 is 1.55. The Bertz CT molecular complexity index is 1040. The van der Waals surface area contributed by atoms with Gasteiger partial charge in [-0.05, 0) is 12.1 Å². The first-order valence-corrected chi connectivity index (χ1v) is 8.10. The lowest BCUT2D eigenvalue weighted by molar-refractivity contribution is 0.102. The Morgan fingerprint density at radius 1 is 1.21 bits per heavy atom. The first kappa shape index (κ1) is 14.4. The van der Waals surface area contributed by atoms with Crippen molar-refractivity contribution in [3.05, 3.63) is 76.3 Å². The zero-order valence-electron chi connectivity index (χ0n) is 12.4. The number of para-hydroxylation sites is 1. The van der Waals surface area contributed by atoms with Gasteiger partial charge in [-0.3, -0.25) is 14.0 Å². The Morgan fingerprint density at radius 3 is 2.88 bits per heavy atom. The molecule has 4 rings (SSSR count). The van der Waals surface area contributed by atoms with E-state index in [2.05, 4.69) is 15.3 Å². The molecule has 4 aromatic rings. The number of amides is 1. The summed E-state index contributed by atoms with van der Waals surface area (Å²) in [5, 5.41) is 4.84. The second kappa shape index (κ2) is 5.78. The Kier molecular flexibility index (Phi) is 3.47. The molecule has 2 N–H and O–H groups in total. The molecule has 0 saturated carbocycles. The van der Waals surface area contributed by atoms with E-state index >= 15 is 0 Å². The van der Waals surface area contributed by atoms with Crippen LogP contribution < -0.4 is 10.9 Å².